The minimum absolute atomic E-state index is 0. The summed E-state index contributed by atoms with van der Waals surface area (Å²) in [5.41, 5.74) is 20.2. The van der Waals surface area contributed by atoms with E-state index in [9.17, 15) is 0 Å². The maximum absolute atomic E-state index is 5.28. The van der Waals surface area contributed by atoms with Gasteiger partial charge in [-0.25, -0.2) is 9.97 Å². The molecule has 5 heteroatoms. The van der Waals surface area contributed by atoms with E-state index in [0.717, 1.165) is 74.1 Å². The molecule has 0 aliphatic carbocycles. The van der Waals surface area contributed by atoms with Crippen LogP contribution in [0.1, 0.15) is 126 Å². The van der Waals surface area contributed by atoms with Crippen molar-refractivity contribution in [3.63, 3.8) is 0 Å². The SMILES string of the molecule is CCC1=C(CC)c2cc3[nH]c(cc4[nH]c(cc5nc(cc1n2)C(CC)=C5CC)c(CC)c4CC)c(CC)c3CC.[Rh]. The molecule has 2 aliphatic heterocycles. The maximum Gasteiger partial charge on any atom is 0.0694 e. The average Bonchev–Trinajstić information content (AvgIpc) is 3.67. The van der Waals surface area contributed by atoms with Gasteiger partial charge in [0, 0.05) is 41.5 Å². The zero-order chi connectivity index (χ0) is 28.6. The molecule has 3 aromatic rings. The molecular weight excluding hydrogens is 591 g/mol. The van der Waals surface area contributed by atoms with E-state index in [2.05, 4.69) is 89.6 Å². The fourth-order valence-corrected chi connectivity index (χ4v) is 7.10. The molecule has 0 saturated carbocycles. The number of allylic oxidation sites excluding steroid dienone is 4. The van der Waals surface area contributed by atoms with Gasteiger partial charge in [-0.2, -0.15) is 0 Å². The monoisotopic (exact) mass is 637 g/mol. The van der Waals surface area contributed by atoms with Gasteiger partial charge in [-0.1, -0.05) is 55.4 Å². The molecule has 0 unspecified atom stereocenters. The topological polar surface area (TPSA) is 57.4 Å². The van der Waals surface area contributed by atoms with Crippen LogP contribution in [0.15, 0.2) is 24.3 Å². The summed E-state index contributed by atoms with van der Waals surface area (Å²) in [5.74, 6) is 0. The summed E-state index contributed by atoms with van der Waals surface area (Å²) in [6.07, 6.45) is 7.84. The third-order valence-electron chi connectivity index (χ3n) is 8.97. The van der Waals surface area contributed by atoms with Crippen LogP contribution in [0.2, 0.25) is 0 Å². The zero-order valence-corrected chi connectivity index (χ0v) is 27.8. The molecule has 0 atom stereocenters. The summed E-state index contributed by atoms with van der Waals surface area (Å²) in [6, 6.07) is 9.24. The molecule has 8 bridgehead atoms. The molecule has 0 saturated heterocycles. The van der Waals surface area contributed by atoms with Crippen molar-refractivity contribution in [2.24, 2.45) is 0 Å². The third-order valence-corrected chi connectivity index (χ3v) is 8.97. The number of rotatable bonds is 8. The Morgan fingerprint density at radius 2 is 0.659 bits per heavy atom. The van der Waals surface area contributed by atoms with Gasteiger partial charge in [0.2, 0.25) is 0 Å². The molecule has 2 aliphatic rings. The van der Waals surface area contributed by atoms with Crippen LogP contribution in [0.4, 0.5) is 0 Å². The van der Waals surface area contributed by atoms with Gasteiger partial charge in [0.05, 0.1) is 22.8 Å². The normalized spacial score (nSPS) is 13.3. The van der Waals surface area contributed by atoms with Crippen molar-refractivity contribution in [2.45, 2.75) is 107 Å². The summed E-state index contributed by atoms with van der Waals surface area (Å²) >= 11 is 0. The maximum atomic E-state index is 5.28. The first kappa shape index (κ1) is 31.2. The molecule has 0 aromatic carbocycles. The first-order valence-electron chi connectivity index (χ1n) is 15.7. The van der Waals surface area contributed by atoms with Gasteiger partial charge in [0.15, 0.2) is 0 Å². The minimum Gasteiger partial charge on any atom is -0.355 e. The molecule has 219 valence electrons. The summed E-state index contributed by atoms with van der Waals surface area (Å²) < 4.78 is 0. The van der Waals surface area contributed by atoms with Crippen LogP contribution >= 0.6 is 0 Å². The largest absolute Gasteiger partial charge is 0.355 e. The Bertz CT molecular complexity index is 1560. The van der Waals surface area contributed by atoms with E-state index in [-0.39, 0.29) is 19.5 Å². The number of aryl methyl sites for hydroxylation is 4. The van der Waals surface area contributed by atoms with Crippen LogP contribution in [0, 0.1) is 0 Å². The number of nitrogens with zero attached hydrogens (tertiary/aromatic N) is 2. The molecule has 0 spiro atoms. The van der Waals surface area contributed by atoms with Crippen LogP contribution in [0.3, 0.4) is 0 Å². The van der Waals surface area contributed by atoms with Crippen molar-refractivity contribution >= 4 is 44.4 Å². The molecule has 41 heavy (non-hydrogen) atoms. The first-order valence-corrected chi connectivity index (χ1v) is 15.7. The molecule has 4 nitrogen and oxygen atoms in total. The summed E-state index contributed by atoms with van der Waals surface area (Å²) in [6.45, 7) is 18.1. The van der Waals surface area contributed by atoms with Crippen LogP contribution < -0.4 is 0 Å². The quantitative estimate of drug-likeness (QED) is 0.242. The van der Waals surface area contributed by atoms with E-state index in [1.54, 1.807) is 0 Å². The van der Waals surface area contributed by atoms with E-state index in [1.807, 2.05) is 0 Å². The van der Waals surface area contributed by atoms with Gasteiger partial charge in [0.25, 0.3) is 0 Å². The average molecular weight is 638 g/mol. The Morgan fingerprint density at radius 1 is 0.390 bits per heavy atom. The Labute approximate surface area is 259 Å². The first-order chi connectivity index (χ1) is 19.5. The predicted molar refractivity (Wildman–Crippen MR) is 173 cm³/mol. The number of nitrogens with one attached hydrogen (secondary N) is 2. The second kappa shape index (κ2) is 13.0. The van der Waals surface area contributed by atoms with E-state index in [1.165, 1.54) is 66.6 Å². The number of aromatic amines is 2. The van der Waals surface area contributed by atoms with Gasteiger partial charge < -0.3 is 9.97 Å². The fraction of sp³-hybridized carbons (Fsp3) is 0.444. The van der Waals surface area contributed by atoms with Gasteiger partial charge in [-0.05, 0) is 120 Å². The Morgan fingerprint density at radius 3 is 0.927 bits per heavy atom. The van der Waals surface area contributed by atoms with Crippen LogP contribution in [0.5, 0.6) is 0 Å². The summed E-state index contributed by atoms with van der Waals surface area (Å²) in [5, 5.41) is 0. The molecular formula is C36H46N4Rh. The Hall–Kier alpha value is -2.78. The van der Waals surface area contributed by atoms with E-state index in [0.29, 0.717) is 0 Å². The predicted octanol–water partition coefficient (Wildman–Crippen LogP) is 10.0. The number of hydrogen-bond donors (Lipinski definition) is 2. The van der Waals surface area contributed by atoms with E-state index in [4.69, 9.17) is 9.97 Å². The Kier molecular flexibility index (Phi) is 9.90. The molecule has 0 fully saturated rings. The van der Waals surface area contributed by atoms with Crippen molar-refractivity contribution in [3.8, 4) is 0 Å². The second-order valence-corrected chi connectivity index (χ2v) is 10.9. The summed E-state index contributed by atoms with van der Waals surface area (Å²) in [4.78, 5) is 18.2. The van der Waals surface area contributed by atoms with E-state index >= 15 is 0 Å². The number of fused-ring (bicyclic) bond motifs is 8. The molecule has 0 amide bonds. The molecule has 5 rings (SSSR count). The number of H-pyrrole nitrogens is 2. The van der Waals surface area contributed by atoms with Crippen molar-refractivity contribution < 1.29 is 19.5 Å². The van der Waals surface area contributed by atoms with Crippen LogP contribution in [-0.2, 0) is 45.2 Å². The second-order valence-electron chi connectivity index (χ2n) is 10.9. The third kappa shape index (κ3) is 5.31. The van der Waals surface area contributed by atoms with Crippen molar-refractivity contribution in [3.05, 3.63) is 69.3 Å². The van der Waals surface area contributed by atoms with Gasteiger partial charge in [-0.3, -0.25) is 0 Å². The van der Waals surface area contributed by atoms with Crippen molar-refractivity contribution in [1.29, 1.82) is 0 Å². The number of aromatic nitrogens is 4. The molecule has 3 aromatic heterocycles. The zero-order valence-electron chi connectivity index (χ0n) is 26.2. The van der Waals surface area contributed by atoms with Crippen molar-refractivity contribution in [2.75, 3.05) is 0 Å². The molecule has 1 radical (unpaired) electrons. The molecule has 5 heterocycles. The van der Waals surface area contributed by atoms with Crippen LogP contribution in [-0.4, -0.2) is 19.9 Å². The van der Waals surface area contributed by atoms with Gasteiger partial charge >= 0.3 is 0 Å². The van der Waals surface area contributed by atoms with Gasteiger partial charge in [0.1, 0.15) is 0 Å². The van der Waals surface area contributed by atoms with Crippen LogP contribution in [0.25, 0.3) is 44.4 Å². The number of hydrogen-bond acceptors (Lipinski definition) is 2. The van der Waals surface area contributed by atoms with Gasteiger partial charge in [-0.15, -0.1) is 0 Å². The fourth-order valence-electron chi connectivity index (χ4n) is 7.10. The minimum atomic E-state index is 0. The Balaban J connectivity index is 0.00000387. The molecule has 2 N–H and O–H groups in total. The summed E-state index contributed by atoms with van der Waals surface area (Å²) in [7, 11) is 0. The smallest absolute Gasteiger partial charge is 0.0694 e. The van der Waals surface area contributed by atoms with E-state index < -0.39 is 0 Å². The van der Waals surface area contributed by atoms with Crippen molar-refractivity contribution in [1.82, 2.24) is 19.9 Å². The standard InChI is InChI=1S/C36H46N4.Rh/c1-9-21-22(10-2)30-18-32-25(13-5)26(14-6)34(39-32)20-36-28(16-8)27(15-7)35(40-36)19-33-24(12-4)23(11-3)31(38-33)17-29(21)37-30;/h17-20,37-38H,9-16H2,1-8H3;.